The van der Waals surface area contributed by atoms with Gasteiger partial charge in [-0.15, -0.1) is 0 Å². The molecule has 3 aromatic rings. The maximum atomic E-state index is 13.7. The molecule has 106 valence electrons. The van der Waals surface area contributed by atoms with Crippen molar-refractivity contribution in [2.45, 2.75) is 6.42 Å². The van der Waals surface area contributed by atoms with Crippen molar-refractivity contribution in [3.63, 3.8) is 0 Å². The number of hydrogen-bond acceptors (Lipinski definition) is 5. The quantitative estimate of drug-likeness (QED) is 0.804. The number of aromatic nitrogens is 3. The summed E-state index contributed by atoms with van der Waals surface area (Å²) >= 11 is 5.97. The molecule has 0 saturated heterocycles. The molecule has 0 saturated carbocycles. The van der Waals surface area contributed by atoms with Crippen LogP contribution in [-0.2, 0) is 6.42 Å². The van der Waals surface area contributed by atoms with Crippen LogP contribution >= 0.6 is 11.6 Å². The van der Waals surface area contributed by atoms with Crippen LogP contribution in [0, 0.1) is 5.82 Å². The van der Waals surface area contributed by atoms with Gasteiger partial charge in [-0.05, 0) is 18.2 Å². The van der Waals surface area contributed by atoms with Crippen LogP contribution in [0.3, 0.4) is 0 Å². The third kappa shape index (κ3) is 2.85. The molecule has 0 atom stereocenters. The highest BCUT2D eigenvalue weighted by molar-refractivity contribution is 6.31. The molecule has 0 aliphatic rings. The molecule has 2 aromatic heterocycles. The van der Waals surface area contributed by atoms with E-state index in [9.17, 15) is 4.39 Å². The molecule has 0 bridgehead atoms. The molecule has 0 aliphatic carbocycles. The van der Waals surface area contributed by atoms with Crippen LogP contribution in [0.15, 0.2) is 41.2 Å². The Hall–Kier alpha value is -2.47. The minimum absolute atomic E-state index is 0.144. The van der Waals surface area contributed by atoms with Gasteiger partial charge in [0.25, 0.3) is 5.89 Å². The predicted octanol–water partition coefficient (Wildman–Crippen LogP) is 3.10. The van der Waals surface area contributed by atoms with Crippen LogP contribution in [0.5, 0.6) is 0 Å². The van der Waals surface area contributed by atoms with E-state index < -0.39 is 5.82 Å². The zero-order valence-electron chi connectivity index (χ0n) is 10.8. The van der Waals surface area contributed by atoms with E-state index in [0.717, 1.165) is 0 Å². The average Bonchev–Trinajstić information content (AvgIpc) is 2.92. The molecular formula is C14H10ClFN4O. The van der Waals surface area contributed by atoms with Crippen molar-refractivity contribution in [1.29, 1.82) is 0 Å². The Bertz CT molecular complexity index is 770. The Labute approximate surface area is 124 Å². The second-order valence-corrected chi connectivity index (χ2v) is 4.81. The summed E-state index contributed by atoms with van der Waals surface area (Å²) in [5, 5.41) is 4.15. The van der Waals surface area contributed by atoms with Gasteiger partial charge < -0.3 is 10.3 Å². The van der Waals surface area contributed by atoms with E-state index >= 15 is 0 Å². The fourth-order valence-corrected chi connectivity index (χ4v) is 2.11. The maximum absolute atomic E-state index is 13.7. The van der Waals surface area contributed by atoms with Gasteiger partial charge in [-0.1, -0.05) is 22.8 Å². The Balaban J connectivity index is 1.89. The van der Waals surface area contributed by atoms with Crippen LogP contribution in [0.4, 0.5) is 10.1 Å². The van der Waals surface area contributed by atoms with Crippen LogP contribution in [0.2, 0.25) is 5.02 Å². The van der Waals surface area contributed by atoms with Crippen molar-refractivity contribution < 1.29 is 8.91 Å². The Morgan fingerprint density at radius 1 is 1.29 bits per heavy atom. The summed E-state index contributed by atoms with van der Waals surface area (Å²) in [6.45, 7) is 0. The molecule has 5 nitrogen and oxygen atoms in total. The van der Waals surface area contributed by atoms with Crippen LogP contribution in [-0.4, -0.2) is 15.1 Å². The summed E-state index contributed by atoms with van der Waals surface area (Å²) in [6.07, 6.45) is 3.22. The van der Waals surface area contributed by atoms with Crippen molar-refractivity contribution in [3.05, 3.63) is 58.9 Å². The molecule has 0 radical (unpaired) electrons. The second kappa shape index (κ2) is 5.49. The lowest BCUT2D eigenvalue weighted by Gasteiger charge is -2.01. The van der Waals surface area contributed by atoms with Gasteiger partial charge in [-0.25, -0.2) is 4.39 Å². The lowest BCUT2D eigenvalue weighted by molar-refractivity contribution is 0.423. The maximum Gasteiger partial charge on any atom is 0.259 e. The number of benzene rings is 1. The molecule has 0 aliphatic heterocycles. The standard InChI is InChI=1S/C14H10ClFN4O/c15-11-2-1-3-12(16)10(11)5-13-19-14(21-20-13)8-4-9(17)7-18-6-8/h1-4,6-7H,5,17H2. The van der Waals surface area contributed by atoms with E-state index in [0.29, 0.717) is 27.7 Å². The summed E-state index contributed by atoms with van der Waals surface area (Å²) in [7, 11) is 0. The molecule has 1 aromatic carbocycles. The number of nitrogens with zero attached hydrogens (tertiary/aromatic N) is 3. The molecule has 21 heavy (non-hydrogen) atoms. The molecule has 2 N–H and O–H groups in total. The van der Waals surface area contributed by atoms with Crippen molar-refractivity contribution >= 4 is 17.3 Å². The highest BCUT2D eigenvalue weighted by Crippen LogP contribution is 2.23. The van der Waals surface area contributed by atoms with Gasteiger partial charge in [-0.2, -0.15) is 4.98 Å². The van der Waals surface area contributed by atoms with Gasteiger partial charge in [0.2, 0.25) is 0 Å². The fourth-order valence-electron chi connectivity index (χ4n) is 1.88. The fraction of sp³-hybridized carbons (Fsp3) is 0.0714. The molecule has 0 amide bonds. The predicted molar refractivity (Wildman–Crippen MR) is 76.2 cm³/mol. The van der Waals surface area contributed by atoms with Crippen molar-refractivity contribution in [3.8, 4) is 11.5 Å². The Morgan fingerprint density at radius 2 is 2.14 bits per heavy atom. The monoisotopic (exact) mass is 304 g/mol. The topological polar surface area (TPSA) is 77.8 Å². The van der Waals surface area contributed by atoms with E-state index in [2.05, 4.69) is 15.1 Å². The first-order chi connectivity index (χ1) is 10.1. The summed E-state index contributed by atoms with van der Waals surface area (Å²) < 4.78 is 18.9. The van der Waals surface area contributed by atoms with Crippen LogP contribution < -0.4 is 5.73 Å². The molecule has 0 spiro atoms. The number of rotatable bonds is 3. The minimum atomic E-state index is -0.403. The molecular weight excluding hydrogens is 295 g/mol. The van der Waals surface area contributed by atoms with E-state index in [1.807, 2.05) is 0 Å². The van der Waals surface area contributed by atoms with E-state index in [1.54, 1.807) is 24.4 Å². The third-order valence-corrected chi connectivity index (χ3v) is 3.23. The van der Waals surface area contributed by atoms with Crippen LogP contribution in [0.25, 0.3) is 11.5 Å². The van der Waals surface area contributed by atoms with Gasteiger partial charge >= 0.3 is 0 Å². The molecule has 0 unspecified atom stereocenters. The van der Waals surface area contributed by atoms with Gasteiger partial charge in [0.05, 0.1) is 11.3 Å². The van der Waals surface area contributed by atoms with Crippen molar-refractivity contribution in [2.75, 3.05) is 5.73 Å². The minimum Gasteiger partial charge on any atom is -0.397 e. The van der Waals surface area contributed by atoms with Crippen molar-refractivity contribution in [1.82, 2.24) is 15.1 Å². The third-order valence-electron chi connectivity index (χ3n) is 2.87. The van der Waals surface area contributed by atoms with E-state index in [1.165, 1.54) is 12.3 Å². The molecule has 2 heterocycles. The number of nitrogen functional groups attached to an aromatic ring is 1. The van der Waals surface area contributed by atoms with E-state index in [-0.39, 0.29) is 12.3 Å². The van der Waals surface area contributed by atoms with Gasteiger partial charge in [0, 0.05) is 29.4 Å². The zero-order valence-corrected chi connectivity index (χ0v) is 11.5. The second-order valence-electron chi connectivity index (χ2n) is 4.40. The zero-order chi connectivity index (χ0) is 14.8. The number of nitrogens with two attached hydrogens (primary N) is 1. The normalized spacial score (nSPS) is 10.8. The number of halogens is 2. The number of pyridine rings is 1. The van der Waals surface area contributed by atoms with Gasteiger partial charge in [0.15, 0.2) is 5.82 Å². The average molecular weight is 305 g/mol. The van der Waals surface area contributed by atoms with Gasteiger partial charge in [0.1, 0.15) is 5.82 Å². The lowest BCUT2D eigenvalue weighted by Crippen LogP contribution is -1.96. The largest absolute Gasteiger partial charge is 0.397 e. The summed E-state index contributed by atoms with van der Waals surface area (Å²) in [5.41, 5.74) is 7.07. The first-order valence-corrected chi connectivity index (χ1v) is 6.47. The molecule has 7 heteroatoms. The number of anilines is 1. The van der Waals surface area contributed by atoms with E-state index in [4.69, 9.17) is 21.9 Å². The summed E-state index contributed by atoms with van der Waals surface area (Å²) in [4.78, 5) is 8.15. The van der Waals surface area contributed by atoms with Gasteiger partial charge in [-0.3, -0.25) is 4.98 Å². The molecule has 0 fully saturated rings. The first-order valence-electron chi connectivity index (χ1n) is 6.10. The smallest absolute Gasteiger partial charge is 0.259 e. The SMILES string of the molecule is Nc1cncc(-c2nc(Cc3c(F)cccc3Cl)no2)c1. The number of hydrogen-bond donors (Lipinski definition) is 1. The first kappa shape index (κ1) is 13.5. The van der Waals surface area contributed by atoms with Crippen LogP contribution in [0.1, 0.15) is 11.4 Å². The highest BCUT2D eigenvalue weighted by Gasteiger charge is 2.14. The Morgan fingerprint density at radius 3 is 2.90 bits per heavy atom. The Kier molecular flexibility index (Phi) is 3.53. The molecule has 3 rings (SSSR count). The highest BCUT2D eigenvalue weighted by atomic mass is 35.5. The lowest BCUT2D eigenvalue weighted by atomic mass is 10.1. The summed E-state index contributed by atoms with van der Waals surface area (Å²) in [5.74, 6) is 0.205. The summed E-state index contributed by atoms with van der Waals surface area (Å²) in [6, 6.07) is 6.16. The van der Waals surface area contributed by atoms with Crippen molar-refractivity contribution in [2.24, 2.45) is 0 Å².